The molecule has 2 aromatic rings. The van der Waals surface area contributed by atoms with Gasteiger partial charge in [-0.15, -0.1) is 0 Å². The van der Waals surface area contributed by atoms with Crippen LogP contribution in [-0.4, -0.2) is 69.0 Å². The number of hydrogen-bond donors (Lipinski definition) is 1. The number of nitrogens with zero attached hydrogens (tertiary/aromatic N) is 2. The number of anilines is 1. The molecule has 0 saturated carbocycles. The van der Waals surface area contributed by atoms with E-state index in [4.69, 9.17) is 4.74 Å². The van der Waals surface area contributed by atoms with Crippen LogP contribution in [0.4, 0.5) is 5.69 Å². The molecule has 1 saturated heterocycles. The molecule has 1 heterocycles. The summed E-state index contributed by atoms with van der Waals surface area (Å²) in [5.41, 5.74) is 3.28. The fourth-order valence-electron chi connectivity index (χ4n) is 4.72. The van der Waals surface area contributed by atoms with E-state index in [1.807, 2.05) is 0 Å². The maximum atomic E-state index is 12.9. The Balaban J connectivity index is 1.41. The Bertz CT molecular complexity index is 1070. The van der Waals surface area contributed by atoms with Crippen molar-refractivity contribution in [3.05, 3.63) is 59.7 Å². The molecule has 0 spiro atoms. The van der Waals surface area contributed by atoms with Crippen molar-refractivity contribution in [2.24, 2.45) is 0 Å². The number of aryl methyl sites for hydroxylation is 1. The van der Waals surface area contributed by atoms with Crippen LogP contribution >= 0.6 is 0 Å². The number of ether oxygens (including phenoxy) is 1. The predicted molar refractivity (Wildman–Crippen MR) is 129 cm³/mol. The Labute approximate surface area is 196 Å². The molecule has 0 radical (unpaired) electrons. The maximum Gasteiger partial charge on any atom is 0.243 e. The minimum atomic E-state index is -3.61. The molecule has 8 heteroatoms. The van der Waals surface area contributed by atoms with Crippen molar-refractivity contribution in [3.63, 3.8) is 0 Å². The Morgan fingerprint density at radius 2 is 1.88 bits per heavy atom. The highest BCUT2D eigenvalue weighted by Gasteiger charge is 2.27. The van der Waals surface area contributed by atoms with Gasteiger partial charge in [-0.3, -0.25) is 9.69 Å². The lowest BCUT2D eigenvalue weighted by molar-refractivity contribution is -0.118. The van der Waals surface area contributed by atoms with Crippen LogP contribution in [0.15, 0.2) is 53.4 Å². The average Bonchev–Trinajstić information content (AvgIpc) is 2.84. The lowest BCUT2D eigenvalue weighted by atomic mass is 9.87. The molecule has 33 heavy (non-hydrogen) atoms. The summed E-state index contributed by atoms with van der Waals surface area (Å²) in [7, 11) is -3.61. The molecule has 7 nitrogen and oxygen atoms in total. The van der Waals surface area contributed by atoms with E-state index in [0.717, 1.165) is 32.2 Å². The van der Waals surface area contributed by atoms with Crippen LogP contribution in [0.25, 0.3) is 0 Å². The molecule has 2 aromatic carbocycles. The number of fused-ring (bicyclic) bond motifs is 1. The zero-order chi connectivity index (χ0) is 23.3. The number of amides is 1. The summed E-state index contributed by atoms with van der Waals surface area (Å²) in [6.07, 6.45) is 4.00. The number of carbonyl (C=O) groups excluding carboxylic acids is 1. The Kier molecular flexibility index (Phi) is 7.80. The van der Waals surface area contributed by atoms with E-state index in [1.165, 1.54) is 15.4 Å². The number of rotatable bonds is 8. The summed E-state index contributed by atoms with van der Waals surface area (Å²) in [6, 6.07) is 15.4. The van der Waals surface area contributed by atoms with Crippen LogP contribution in [0.5, 0.6) is 0 Å². The van der Waals surface area contributed by atoms with E-state index in [1.54, 1.807) is 24.3 Å². The second-order valence-electron chi connectivity index (χ2n) is 8.73. The quantitative estimate of drug-likeness (QED) is 0.641. The SMILES string of the molecule is CCCN(CC(=O)Nc1cccc(S(=O)(=O)N2CCOCC2)c1)C1CCc2ccccc2C1. The molecular weight excluding hydrogens is 438 g/mol. The standard InChI is InChI=1S/C25H33N3O4S/c1-2-12-27(23-11-10-20-6-3-4-7-21(20)17-23)19-25(29)26-22-8-5-9-24(18-22)33(30,31)28-13-15-32-16-14-28/h3-9,18,23H,2,10-17,19H2,1H3,(H,26,29). The third-order valence-electron chi connectivity index (χ3n) is 6.42. The summed E-state index contributed by atoms with van der Waals surface area (Å²) in [4.78, 5) is 15.4. The van der Waals surface area contributed by atoms with Gasteiger partial charge in [0.15, 0.2) is 0 Å². The minimum absolute atomic E-state index is 0.122. The van der Waals surface area contributed by atoms with E-state index in [9.17, 15) is 13.2 Å². The molecule has 2 aliphatic rings. The highest BCUT2D eigenvalue weighted by atomic mass is 32.2. The van der Waals surface area contributed by atoms with Gasteiger partial charge in [0.05, 0.1) is 24.7 Å². The number of nitrogens with one attached hydrogen (secondary N) is 1. The van der Waals surface area contributed by atoms with Crippen molar-refractivity contribution in [3.8, 4) is 0 Å². The summed E-state index contributed by atoms with van der Waals surface area (Å²) in [5.74, 6) is -0.122. The molecule has 1 unspecified atom stereocenters. The van der Waals surface area contributed by atoms with Gasteiger partial charge in [0, 0.05) is 24.8 Å². The van der Waals surface area contributed by atoms with Crippen LogP contribution in [0, 0.1) is 0 Å². The molecular formula is C25H33N3O4S. The summed E-state index contributed by atoms with van der Waals surface area (Å²) >= 11 is 0. The molecule has 4 rings (SSSR count). The van der Waals surface area contributed by atoms with Crippen molar-refractivity contribution < 1.29 is 17.9 Å². The summed E-state index contributed by atoms with van der Waals surface area (Å²) < 4.78 is 32.6. The number of benzene rings is 2. The summed E-state index contributed by atoms with van der Waals surface area (Å²) in [6.45, 7) is 4.75. The van der Waals surface area contributed by atoms with E-state index < -0.39 is 10.0 Å². The molecule has 1 aliphatic heterocycles. The molecule has 1 N–H and O–H groups in total. The van der Waals surface area contributed by atoms with Crippen molar-refractivity contribution in [1.29, 1.82) is 0 Å². The third-order valence-corrected chi connectivity index (χ3v) is 8.31. The fraction of sp³-hybridized carbons (Fsp3) is 0.480. The number of hydrogen-bond acceptors (Lipinski definition) is 5. The second kappa shape index (κ2) is 10.8. The summed E-state index contributed by atoms with van der Waals surface area (Å²) in [5, 5.41) is 2.92. The largest absolute Gasteiger partial charge is 0.379 e. The second-order valence-corrected chi connectivity index (χ2v) is 10.7. The fourth-order valence-corrected chi connectivity index (χ4v) is 6.18. The minimum Gasteiger partial charge on any atom is -0.379 e. The van der Waals surface area contributed by atoms with Crippen LogP contribution in [0.2, 0.25) is 0 Å². The van der Waals surface area contributed by atoms with E-state index in [0.29, 0.717) is 44.6 Å². The van der Waals surface area contributed by atoms with Crippen molar-refractivity contribution >= 4 is 21.6 Å². The van der Waals surface area contributed by atoms with Crippen molar-refractivity contribution in [2.75, 3.05) is 44.7 Å². The highest BCUT2D eigenvalue weighted by Crippen LogP contribution is 2.25. The number of morpholine rings is 1. The molecule has 1 fully saturated rings. The Hall–Kier alpha value is -2.26. The smallest absolute Gasteiger partial charge is 0.243 e. The van der Waals surface area contributed by atoms with Gasteiger partial charge in [0.1, 0.15) is 0 Å². The first-order valence-electron chi connectivity index (χ1n) is 11.8. The van der Waals surface area contributed by atoms with Crippen molar-refractivity contribution in [2.45, 2.75) is 43.5 Å². The molecule has 0 bridgehead atoms. The zero-order valence-corrected chi connectivity index (χ0v) is 20.0. The topological polar surface area (TPSA) is 79.0 Å². The number of sulfonamides is 1. The van der Waals surface area contributed by atoms with E-state index >= 15 is 0 Å². The highest BCUT2D eigenvalue weighted by molar-refractivity contribution is 7.89. The molecule has 178 valence electrons. The van der Waals surface area contributed by atoms with Gasteiger partial charge in [-0.2, -0.15) is 4.31 Å². The first-order chi connectivity index (χ1) is 16.0. The van der Waals surface area contributed by atoms with Crippen molar-refractivity contribution in [1.82, 2.24) is 9.21 Å². The maximum absolute atomic E-state index is 12.9. The number of carbonyl (C=O) groups is 1. The molecule has 1 atom stereocenters. The first-order valence-corrected chi connectivity index (χ1v) is 13.2. The van der Waals surface area contributed by atoms with Gasteiger partial charge in [0.2, 0.25) is 15.9 Å². The zero-order valence-electron chi connectivity index (χ0n) is 19.2. The predicted octanol–water partition coefficient (Wildman–Crippen LogP) is 2.92. The monoisotopic (exact) mass is 471 g/mol. The van der Waals surface area contributed by atoms with Gasteiger partial charge in [-0.1, -0.05) is 37.3 Å². The lowest BCUT2D eigenvalue weighted by Crippen LogP contribution is -2.44. The van der Waals surface area contributed by atoms with Gasteiger partial charge in [0.25, 0.3) is 0 Å². The van der Waals surface area contributed by atoms with Crippen LogP contribution < -0.4 is 5.32 Å². The van der Waals surface area contributed by atoms with Crippen LogP contribution in [0.3, 0.4) is 0 Å². The van der Waals surface area contributed by atoms with Gasteiger partial charge < -0.3 is 10.1 Å². The Morgan fingerprint density at radius 1 is 1.12 bits per heavy atom. The third kappa shape index (κ3) is 5.81. The van der Waals surface area contributed by atoms with Crippen LogP contribution in [-0.2, 0) is 32.4 Å². The molecule has 1 aliphatic carbocycles. The first kappa shape index (κ1) is 23.9. The van der Waals surface area contributed by atoms with E-state index in [-0.39, 0.29) is 10.8 Å². The average molecular weight is 472 g/mol. The van der Waals surface area contributed by atoms with Gasteiger partial charge >= 0.3 is 0 Å². The Morgan fingerprint density at radius 3 is 2.64 bits per heavy atom. The van der Waals surface area contributed by atoms with E-state index in [2.05, 4.69) is 41.4 Å². The van der Waals surface area contributed by atoms with Gasteiger partial charge in [-0.25, -0.2) is 8.42 Å². The lowest BCUT2D eigenvalue weighted by Gasteiger charge is -2.34. The van der Waals surface area contributed by atoms with Crippen LogP contribution in [0.1, 0.15) is 30.9 Å². The normalized spacial score (nSPS) is 19.3. The molecule has 1 amide bonds. The molecule has 0 aromatic heterocycles. The van der Waals surface area contributed by atoms with Gasteiger partial charge in [-0.05, 0) is 61.6 Å².